The largest absolute Gasteiger partial charge is 0.374 e. The van der Waals surface area contributed by atoms with Gasteiger partial charge in [0.2, 0.25) is 0 Å². The van der Waals surface area contributed by atoms with Crippen LogP contribution in [0.4, 0.5) is 0 Å². The van der Waals surface area contributed by atoms with E-state index >= 15 is 0 Å². The number of halogens is 3. The van der Waals surface area contributed by atoms with Crippen LogP contribution in [-0.2, 0) is 17.7 Å². The smallest absolute Gasteiger partial charge is 0.111 e. The van der Waals surface area contributed by atoms with E-state index in [1.54, 1.807) is 6.07 Å². The van der Waals surface area contributed by atoms with Gasteiger partial charge in [0, 0.05) is 18.9 Å². The molecule has 0 saturated carbocycles. The lowest BCUT2D eigenvalue weighted by molar-refractivity contribution is -0.0221. The van der Waals surface area contributed by atoms with Gasteiger partial charge in [0.1, 0.15) is 5.82 Å². The molecule has 0 aliphatic heterocycles. The van der Waals surface area contributed by atoms with Crippen molar-refractivity contribution >= 4 is 45.8 Å². The molecule has 0 bridgehead atoms. The summed E-state index contributed by atoms with van der Waals surface area (Å²) in [4.78, 5) is 4.63. The van der Waals surface area contributed by atoms with Gasteiger partial charge in [0.05, 0.1) is 33.2 Å². The first kappa shape index (κ1) is 16.9. The van der Waals surface area contributed by atoms with Gasteiger partial charge in [-0.3, -0.25) is 0 Å². The zero-order valence-corrected chi connectivity index (χ0v) is 14.7. The molecule has 2 aromatic rings. The van der Waals surface area contributed by atoms with Gasteiger partial charge >= 0.3 is 0 Å². The van der Waals surface area contributed by atoms with E-state index < -0.39 is 0 Å². The molecule has 3 nitrogen and oxygen atoms in total. The SMILES string of the molecule is CCOC(C)(C)Cn1c(CCCl)nc2cc(Cl)c(Cl)cc21. The maximum atomic E-state index is 6.15. The number of imidazole rings is 1. The van der Waals surface area contributed by atoms with Crippen LogP contribution in [0.15, 0.2) is 12.1 Å². The van der Waals surface area contributed by atoms with Gasteiger partial charge in [-0.1, -0.05) is 23.2 Å². The zero-order valence-electron chi connectivity index (χ0n) is 12.4. The molecule has 6 heteroatoms. The third kappa shape index (κ3) is 3.84. The lowest BCUT2D eigenvalue weighted by Gasteiger charge is -2.26. The Hall–Kier alpha value is -0.480. The van der Waals surface area contributed by atoms with Crippen molar-refractivity contribution in [1.82, 2.24) is 9.55 Å². The minimum atomic E-state index is -0.296. The zero-order chi connectivity index (χ0) is 15.6. The summed E-state index contributed by atoms with van der Waals surface area (Å²) in [6.45, 7) is 7.46. The lowest BCUT2D eigenvalue weighted by Crippen LogP contribution is -2.31. The summed E-state index contributed by atoms with van der Waals surface area (Å²) in [7, 11) is 0. The molecule has 0 aliphatic rings. The third-order valence-electron chi connectivity index (χ3n) is 3.26. The van der Waals surface area contributed by atoms with E-state index in [4.69, 9.17) is 39.5 Å². The van der Waals surface area contributed by atoms with Gasteiger partial charge in [0.15, 0.2) is 0 Å². The van der Waals surface area contributed by atoms with Crippen LogP contribution in [-0.4, -0.2) is 27.6 Å². The highest BCUT2D eigenvalue weighted by Gasteiger charge is 2.22. The lowest BCUT2D eigenvalue weighted by atomic mass is 10.1. The van der Waals surface area contributed by atoms with Crippen LogP contribution in [0.2, 0.25) is 10.0 Å². The summed E-state index contributed by atoms with van der Waals surface area (Å²) >= 11 is 18.1. The van der Waals surface area contributed by atoms with E-state index in [2.05, 4.69) is 23.4 Å². The van der Waals surface area contributed by atoms with Gasteiger partial charge in [-0.2, -0.15) is 0 Å². The number of benzene rings is 1. The second kappa shape index (κ2) is 6.74. The predicted octanol–water partition coefficient (Wildman–Crippen LogP) is 4.94. The van der Waals surface area contributed by atoms with Gasteiger partial charge < -0.3 is 9.30 Å². The maximum absolute atomic E-state index is 6.15. The molecule has 2 rings (SSSR count). The normalized spacial score (nSPS) is 12.3. The molecule has 0 aliphatic carbocycles. The summed E-state index contributed by atoms with van der Waals surface area (Å²) in [5.41, 5.74) is 1.49. The molecular weight excluding hydrogens is 331 g/mol. The molecule has 0 N–H and O–H groups in total. The van der Waals surface area contributed by atoms with Gasteiger partial charge in [-0.15, -0.1) is 11.6 Å². The summed E-state index contributed by atoms with van der Waals surface area (Å²) in [5.74, 6) is 1.44. The first-order chi connectivity index (χ1) is 9.88. The van der Waals surface area contributed by atoms with Crippen molar-refractivity contribution < 1.29 is 4.74 Å². The van der Waals surface area contributed by atoms with E-state index in [1.807, 2.05) is 13.0 Å². The highest BCUT2D eigenvalue weighted by molar-refractivity contribution is 6.42. The number of hydrogen-bond acceptors (Lipinski definition) is 2. The number of ether oxygens (including phenoxy) is 1. The standard InChI is InChI=1S/C15H19Cl3N2O/c1-4-21-15(2,3)9-20-13-8-11(18)10(17)7-12(13)19-14(20)5-6-16/h7-8H,4-6,9H2,1-3H3. The molecule has 1 heterocycles. The second-order valence-corrected chi connectivity index (χ2v) is 6.69. The Morgan fingerprint density at radius 1 is 1.24 bits per heavy atom. The molecule has 21 heavy (non-hydrogen) atoms. The Bertz CT molecular complexity index is 637. The van der Waals surface area contributed by atoms with Crippen molar-refractivity contribution in [3.63, 3.8) is 0 Å². The number of alkyl halides is 1. The molecular formula is C15H19Cl3N2O. The average Bonchev–Trinajstić information content (AvgIpc) is 2.68. The number of rotatable bonds is 6. The van der Waals surface area contributed by atoms with Gasteiger partial charge in [-0.25, -0.2) is 4.98 Å². The van der Waals surface area contributed by atoms with E-state index in [1.165, 1.54) is 0 Å². The van der Waals surface area contributed by atoms with Gasteiger partial charge in [-0.05, 0) is 32.9 Å². The highest BCUT2D eigenvalue weighted by atomic mass is 35.5. The van der Waals surface area contributed by atoms with Crippen molar-refractivity contribution in [2.24, 2.45) is 0 Å². The molecule has 0 saturated heterocycles. The van der Waals surface area contributed by atoms with E-state index in [0.717, 1.165) is 16.9 Å². The van der Waals surface area contributed by atoms with Crippen LogP contribution in [0.25, 0.3) is 11.0 Å². The molecule has 0 atom stereocenters. The van der Waals surface area contributed by atoms with Crippen LogP contribution in [0.5, 0.6) is 0 Å². The topological polar surface area (TPSA) is 27.1 Å². The van der Waals surface area contributed by atoms with Gasteiger partial charge in [0.25, 0.3) is 0 Å². The Morgan fingerprint density at radius 2 is 1.90 bits per heavy atom. The number of aryl methyl sites for hydroxylation is 1. The number of nitrogens with zero attached hydrogens (tertiary/aromatic N) is 2. The fourth-order valence-corrected chi connectivity index (χ4v) is 2.92. The summed E-state index contributed by atoms with van der Waals surface area (Å²) in [6, 6.07) is 3.65. The Kier molecular flexibility index (Phi) is 5.42. The molecule has 1 aromatic carbocycles. The highest BCUT2D eigenvalue weighted by Crippen LogP contribution is 2.29. The predicted molar refractivity (Wildman–Crippen MR) is 89.9 cm³/mol. The average molecular weight is 350 g/mol. The molecule has 1 aromatic heterocycles. The van der Waals surface area contributed by atoms with E-state index in [-0.39, 0.29) is 5.60 Å². The monoisotopic (exact) mass is 348 g/mol. The first-order valence-electron chi connectivity index (χ1n) is 6.92. The van der Waals surface area contributed by atoms with Crippen LogP contribution in [0.3, 0.4) is 0 Å². The molecule has 0 unspecified atom stereocenters. The van der Waals surface area contributed by atoms with Crippen molar-refractivity contribution in [2.75, 3.05) is 12.5 Å². The second-order valence-electron chi connectivity index (χ2n) is 5.50. The Labute approximate surface area is 140 Å². The van der Waals surface area contributed by atoms with Crippen molar-refractivity contribution in [3.05, 3.63) is 28.0 Å². The third-order valence-corrected chi connectivity index (χ3v) is 4.17. The Balaban J connectivity index is 2.52. The summed E-state index contributed by atoms with van der Waals surface area (Å²) in [5, 5.41) is 1.03. The van der Waals surface area contributed by atoms with E-state index in [9.17, 15) is 0 Å². The quantitative estimate of drug-likeness (QED) is 0.691. The molecule has 0 radical (unpaired) electrons. The fraction of sp³-hybridized carbons (Fsp3) is 0.533. The van der Waals surface area contributed by atoms with Crippen LogP contribution in [0, 0.1) is 0 Å². The summed E-state index contributed by atoms with van der Waals surface area (Å²) in [6.07, 6.45) is 0.688. The number of fused-ring (bicyclic) bond motifs is 1. The van der Waals surface area contributed by atoms with Crippen LogP contribution in [0.1, 0.15) is 26.6 Å². The minimum absolute atomic E-state index is 0.296. The fourth-order valence-electron chi connectivity index (χ4n) is 2.44. The maximum Gasteiger partial charge on any atom is 0.111 e. The minimum Gasteiger partial charge on any atom is -0.374 e. The number of aromatic nitrogens is 2. The molecule has 0 fully saturated rings. The molecule has 0 spiro atoms. The van der Waals surface area contributed by atoms with E-state index in [0.29, 0.717) is 35.5 Å². The first-order valence-corrected chi connectivity index (χ1v) is 8.21. The number of hydrogen-bond donors (Lipinski definition) is 0. The van der Waals surface area contributed by atoms with Crippen LogP contribution < -0.4 is 0 Å². The summed E-state index contributed by atoms with van der Waals surface area (Å²) < 4.78 is 7.92. The van der Waals surface area contributed by atoms with Crippen molar-refractivity contribution in [2.45, 2.75) is 39.3 Å². The molecule has 116 valence electrons. The van der Waals surface area contributed by atoms with Crippen LogP contribution >= 0.6 is 34.8 Å². The molecule has 0 amide bonds. The van der Waals surface area contributed by atoms with Crippen molar-refractivity contribution in [1.29, 1.82) is 0 Å². The Morgan fingerprint density at radius 3 is 2.52 bits per heavy atom. The van der Waals surface area contributed by atoms with Crippen molar-refractivity contribution in [3.8, 4) is 0 Å².